The van der Waals surface area contributed by atoms with Crippen LogP contribution in [0.15, 0.2) is 53.4 Å². The number of sulfonamides is 1. The molecule has 2 heterocycles. The van der Waals surface area contributed by atoms with Crippen LogP contribution < -0.4 is 14.8 Å². The SMILES string of the molecule is O=C1NCCN(S(=O)(=O)c2ccc3c(c2)OCO3)C1c1ccccc1. The van der Waals surface area contributed by atoms with Gasteiger partial charge in [0.15, 0.2) is 11.5 Å². The predicted molar refractivity (Wildman–Crippen MR) is 88.6 cm³/mol. The molecule has 2 aliphatic rings. The average molecular weight is 360 g/mol. The average Bonchev–Trinajstić information content (AvgIpc) is 3.10. The van der Waals surface area contributed by atoms with Crippen LogP contribution in [0, 0.1) is 0 Å². The zero-order chi connectivity index (χ0) is 17.4. The minimum atomic E-state index is -3.88. The van der Waals surface area contributed by atoms with E-state index in [1.807, 2.05) is 6.07 Å². The minimum Gasteiger partial charge on any atom is -0.454 e. The molecule has 130 valence electrons. The number of ether oxygens (including phenoxy) is 2. The number of hydrogen-bond donors (Lipinski definition) is 1. The maximum atomic E-state index is 13.2. The number of benzene rings is 2. The van der Waals surface area contributed by atoms with Crippen LogP contribution in [0.1, 0.15) is 11.6 Å². The van der Waals surface area contributed by atoms with E-state index in [-0.39, 0.29) is 30.7 Å². The van der Waals surface area contributed by atoms with Crippen LogP contribution in [0.3, 0.4) is 0 Å². The molecule has 7 nitrogen and oxygen atoms in total. The van der Waals surface area contributed by atoms with Crippen molar-refractivity contribution >= 4 is 15.9 Å². The summed E-state index contributed by atoms with van der Waals surface area (Å²) in [6.45, 7) is 0.533. The maximum absolute atomic E-state index is 13.2. The van der Waals surface area contributed by atoms with E-state index in [0.29, 0.717) is 17.1 Å². The molecule has 1 fully saturated rings. The summed E-state index contributed by atoms with van der Waals surface area (Å²) in [4.78, 5) is 12.5. The number of rotatable bonds is 3. The van der Waals surface area contributed by atoms with Gasteiger partial charge in [-0.2, -0.15) is 4.31 Å². The van der Waals surface area contributed by atoms with E-state index in [9.17, 15) is 13.2 Å². The van der Waals surface area contributed by atoms with E-state index < -0.39 is 16.1 Å². The largest absolute Gasteiger partial charge is 0.454 e. The van der Waals surface area contributed by atoms with Gasteiger partial charge >= 0.3 is 0 Å². The van der Waals surface area contributed by atoms with Crippen molar-refractivity contribution in [3.05, 3.63) is 54.1 Å². The van der Waals surface area contributed by atoms with Gasteiger partial charge in [-0.15, -0.1) is 0 Å². The van der Waals surface area contributed by atoms with Crippen molar-refractivity contribution in [3.63, 3.8) is 0 Å². The molecule has 4 rings (SSSR count). The highest BCUT2D eigenvalue weighted by molar-refractivity contribution is 7.89. The summed E-state index contributed by atoms with van der Waals surface area (Å²) in [7, 11) is -3.88. The van der Waals surface area contributed by atoms with E-state index in [0.717, 1.165) is 0 Å². The van der Waals surface area contributed by atoms with E-state index in [1.54, 1.807) is 30.3 Å². The Bertz CT molecular complexity index is 914. The maximum Gasteiger partial charge on any atom is 0.244 e. The molecule has 0 radical (unpaired) electrons. The molecule has 0 bridgehead atoms. The van der Waals surface area contributed by atoms with Gasteiger partial charge in [-0.3, -0.25) is 4.79 Å². The first-order chi connectivity index (χ1) is 12.1. The molecule has 1 N–H and O–H groups in total. The lowest BCUT2D eigenvalue weighted by molar-refractivity contribution is -0.126. The lowest BCUT2D eigenvalue weighted by atomic mass is 10.1. The van der Waals surface area contributed by atoms with Crippen LogP contribution in [0.4, 0.5) is 0 Å². The molecule has 0 spiro atoms. The normalized spacial score (nSPS) is 20.3. The van der Waals surface area contributed by atoms with Gasteiger partial charge in [-0.25, -0.2) is 8.42 Å². The molecule has 1 saturated heterocycles. The number of nitrogens with zero attached hydrogens (tertiary/aromatic N) is 1. The number of hydrogen-bond acceptors (Lipinski definition) is 5. The summed E-state index contributed by atoms with van der Waals surface area (Å²) in [5, 5.41) is 2.74. The van der Waals surface area contributed by atoms with Gasteiger partial charge in [0.1, 0.15) is 6.04 Å². The minimum absolute atomic E-state index is 0.0671. The van der Waals surface area contributed by atoms with Crippen molar-refractivity contribution < 1.29 is 22.7 Å². The van der Waals surface area contributed by atoms with E-state index in [4.69, 9.17) is 9.47 Å². The van der Waals surface area contributed by atoms with Gasteiger partial charge < -0.3 is 14.8 Å². The molecule has 1 unspecified atom stereocenters. The lowest BCUT2D eigenvalue weighted by Gasteiger charge is -2.34. The summed E-state index contributed by atoms with van der Waals surface area (Å²) < 4.78 is 38.1. The summed E-state index contributed by atoms with van der Waals surface area (Å²) >= 11 is 0. The third-order valence-electron chi connectivity index (χ3n) is 4.23. The fraction of sp³-hybridized carbons (Fsp3) is 0.235. The van der Waals surface area contributed by atoms with Crippen LogP contribution in [0.25, 0.3) is 0 Å². The van der Waals surface area contributed by atoms with Crippen molar-refractivity contribution in [2.24, 2.45) is 0 Å². The van der Waals surface area contributed by atoms with E-state index >= 15 is 0 Å². The summed E-state index contributed by atoms with van der Waals surface area (Å²) in [6.07, 6.45) is 0. The van der Waals surface area contributed by atoms with Crippen LogP contribution >= 0.6 is 0 Å². The Morgan fingerprint density at radius 1 is 1.04 bits per heavy atom. The molecule has 8 heteroatoms. The second kappa shape index (κ2) is 6.05. The molecular formula is C17H16N2O5S. The fourth-order valence-electron chi connectivity index (χ4n) is 3.03. The molecule has 25 heavy (non-hydrogen) atoms. The van der Waals surface area contributed by atoms with E-state index in [2.05, 4.69) is 5.32 Å². The molecule has 1 amide bonds. The number of amides is 1. The predicted octanol–water partition coefficient (Wildman–Crippen LogP) is 1.28. The molecule has 2 aromatic carbocycles. The Morgan fingerprint density at radius 2 is 1.80 bits per heavy atom. The molecule has 0 aromatic heterocycles. The summed E-state index contributed by atoms with van der Waals surface area (Å²) in [6, 6.07) is 12.5. The number of carbonyl (C=O) groups is 1. The summed E-state index contributed by atoms with van der Waals surface area (Å²) in [5.41, 5.74) is 0.629. The van der Waals surface area contributed by atoms with Crippen molar-refractivity contribution in [2.75, 3.05) is 19.9 Å². The molecule has 0 saturated carbocycles. The first-order valence-electron chi connectivity index (χ1n) is 7.81. The van der Waals surface area contributed by atoms with Crippen molar-refractivity contribution in [1.82, 2.24) is 9.62 Å². The monoisotopic (exact) mass is 360 g/mol. The highest BCUT2D eigenvalue weighted by Crippen LogP contribution is 2.36. The van der Waals surface area contributed by atoms with Gasteiger partial charge in [0.2, 0.25) is 22.7 Å². The zero-order valence-corrected chi connectivity index (χ0v) is 14.0. The fourth-order valence-corrected chi connectivity index (χ4v) is 4.62. The Morgan fingerprint density at radius 3 is 2.60 bits per heavy atom. The van der Waals surface area contributed by atoms with Crippen LogP contribution in [-0.4, -0.2) is 38.5 Å². The second-order valence-corrected chi connectivity index (χ2v) is 7.63. The van der Waals surface area contributed by atoms with Crippen molar-refractivity contribution in [1.29, 1.82) is 0 Å². The quantitative estimate of drug-likeness (QED) is 0.891. The lowest BCUT2D eigenvalue weighted by Crippen LogP contribution is -2.52. The van der Waals surface area contributed by atoms with Crippen LogP contribution in [0.5, 0.6) is 11.5 Å². The van der Waals surface area contributed by atoms with Gasteiger partial charge in [-0.05, 0) is 17.7 Å². The Labute approximate surface area is 145 Å². The topological polar surface area (TPSA) is 84.9 Å². The van der Waals surface area contributed by atoms with Gasteiger partial charge in [0.05, 0.1) is 4.90 Å². The third-order valence-corrected chi connectivity index (χ3v) is 6.09. The number of nitrogens with one attached hydrogen (secondary N) is 1. The standard InChI is InChI=1S/C17H16N2O5S/c20-17-16(12-4-2-1-3-5-12)19(9-8-18-17)25(21,22)13-6-7-14-15(10-13)24-11-23-14/h1-7,10,16H,8-9,11H2,(H,18,20). The van der Waals surface area contributed by atoms with Crippen LogP contribution in [0.2, 0.25) is 0 Å². The Hall–Kier alpha value is -2.58. The van der Waals surface area contributed by atoms with E-state index in [1.165, 1.54) is 16.4 Å². The Balaban J connectivity index is 1.76. The van der Waals surface area contributed by atoms with Gasteiger partial charge in [-0.1, -0.05) is 30.3 Å². The number of carbonyl (C=O) groups excluding carboxylic acids is 1. The number of fused-ring (bicyclic) bond motifs is 1. The molecular weight excluding hydrogens is 344 g/mol. The molecule has 1 atom stereocenters. The molecule has 0 aliphatic carbocycles. The first-order valence-corrected chi connectivity index (χ1v) is 9.25. The highest BCUT2D eigenvalue weighted by Gasteiger charge is 2.39. The zero-order valence-electron chi connectivity index (χ0n) is 13.2. The van der Waals surface area contributed by atoms with Crippen LogP contribution in [-0.2, 0) is 14.8 Å². The highest BCUT2D eigenvalue weighted by atomic mass is 32.2. The van der Waals surface area contributed by atoms with Crippen molar-refractivity contribution in [3.8, 4) is 11.5 Å². The Kier molecular flexibility index (Phi) is 3.85. The molecule has 2 aromatic rings. The summed E-state index contributed by atoms with van der Waals surface area (Å²) in [5.74, 6) is 0.565. The van der Waals surface area contributed by atoms with Gasteiger partial charge in [0.25, 0.3) is 0 Å². The third kappa shape index (κ3) is 2.73. The van der Waals surface area contributed by atoms with Crippen molar-refractivity contribution in [2.45, 2.75) is 10.9 Å². The first kappa shape index (κ1) is 15.9. The number of piperazine rings is 1. The second-order valence-electron chi connectivity index (χ2n) is 5.74. The molecule has 2 aliphatic heterocycles. The van der Waals surface area contributed by atoms with Gasteiger partial charge in [0, 0.05) is 19.2 Å². The smallest absolute Gasteiger partial charge is 0.244 e.